The number of carbonyl (C=O) groups is 1. The second-order valence-corrected chi connectivity index (χ2v) is 9.54. The van der Waals surface area contributed by atoms with E-state index in [4.69, 9.17) is 5.73 Å². The van der Waals surface area contributed by atoms with E-state index < -0.39 is 26.2 Å². The summed E-state index contributed by atoms with van der Waals surface area (Å²) in [6, 6.07) is 7.29. The Morgan fingerprint density at radius 2 is 1.81 bits per heavy atom. The van der Waals surface area contributed by atoms with Crippen molar-refractivity contribution in [1.82, 2.24) is 0 Å². The molecular weight excluding hydrogens is 402 g/mol. The number of hydrogen-bond acceptors (Lipinski definition) is 8. The Kier molecular flexibility index (Phi) is 6.86. The second kappa shape index (κ2) is 7.81. The highest BCUT2D eigenvalue weighted by atomic mass is 35.5. The van der Waals surface area contributed by atoms with Gasteiger partial charge in [0.1, 0.15) is 0 Å². The molecule has 2 rings (SSSR count). The molecule has 11 heteroatoms. The summed E-state index contributed by atoms with van der Waals surface area (Å²) in [6.45, 7) is 0.657. The van der Waals surface area contributed by atoms with Crippen LogP contribution in [0.4, 0.5) is 0 Å². The molecule has 0 spiro atoms. The molecule has 2 N–H and O–H groups in total. The largest absolute Gasteiger partial charge is 1.00 e. The van der Waals surface area contributed by atoms with E-state index in [0.29, 0.717) is 13.1 Å². The summed E-state index contributed by atoms with van der Waals surface area (Å²) in [4.78, 5) is 21.5. The summed E-state index contributed by atoms with van der Waals surface area (Å²) in [6.07, 6.45) is -0.0116. The molecule has 1 fully saturated rings. The highest BCUT2D eigenvalue weighted by Gasteiger charge is 2.67. The third kappa shape index (κ3) is 3.48. The number of nitrogens with zero attached hydrogens (tertiary/aromatic N) is 2. The van der Waals surface area contributed by atoms with Crippen molar-refractivity contribution in [2.45, 2.75) is 28.1 Å². The summed E-state index contributed by atoms with van der Waals surface area (Å²) >= 11 is 4.43. The van der Waals surface area contributed by atoms with Crippen molar-refractivity contribution in [3.63, 3.8) is 0 Å². The molecule has 26 heavy (non-hydrogen) atoms. The minimum Gasteiger partial charge on any atom is -1.00 e. The first kappa shape index (κ1) is 22.8. The molecule has 0 amide bonds. The lowest BCUT2D eigenvalue weighted by atomic mass is 9.81. The number of benzene rings is 1. The highest BCUT2D eigenvalue weighted by molar-refractivity contribution is 7.93. The number of nitroso groups, excluding NO2 is 1. The number of quaternary nitrogens is 1. The van der Waals surface area contributed by atoms with Gasteiger partial charge in [0.25, 0.3) is 4.87 Å². The quantitative estimate of drug-likeness (QED) is 0.242. The van der Waals surface area contributed by atoms with Gasteiger partial charge in [-0.05, 0) is 12.1 Å². The fraction of sp³-hybridized carbons (Fsp3) is 0.533. The molecule has 0 aliphatic carbocycles. The number of piperidine rings is 1. The third-order valence-electron chi connectivity index (χ3n) is 4.85. The SMILES string of the molecule is COC(=O)C(N)(C1(N=O)CC[N+](C)(S)CC1)S(=O)(=O)c1ccccc1.[Cl-]. The molecule has 0 radical (unpaired) electrons. The first-order chi connectivity index (χ1) is 11.6. The predicted octanol–water partition coefficient (Wildman–Crippen LogP) is -2.12. The number of methoxy groups -OCH3 is 1. The van der Waals surface area contributed by atoms with Gasteiger partial charge < -0.3 is 22.9 Å². The molecule has 0 saturated carbocycles. The Morgan fingerprint density at radius 3 is 2.23 bits per heavy atom. The minimum atomic E-state index is -4.44. The first-order valence-corrected chi connectivity index (χ1v) is 9.53. The van der Waals surface area contributed by atoms with Crippen LogP contribution in [0.25, 0.3) is 0 Å². The summed E-state index contributed by atoms with van der Waals surface area (Å²) in [5.74, 6) is -1.20. The van der Waals surface area contributed by atoms with Gasteiger partial charge in [0, 0.05) is 12.8 Å². The van der Waals surface area contributed by atoms with Crippen molar-refractivity contribution < 1.29 is 34.2 Å². The zero-order valence-corrected chi connectivity index (χ0v) is 16.9. The van der Waals surface area contributed by atoms with Gasteiger partial charge in [-0.1, -0.05) is 23.4 Å². The van der Waals surface area contributed by atoms with Crippen LogP contribution in [-0.2, 0) is 19.4 Å². The zero-order chi connectivity index (χ0) is 18.9. The number of likely N-dealkylation sites (tertiary alicyclic amines) is 1. The molecular formula is C15H22ClN3O5S2. The number of carbonyl (C=O) groups excluding carboxylic acids is 1. The van der Waals surface area contributed by atoms with Crippen molar-refractivity contribution in [1.29, 1.82) is 0 Å². The highest BCUT2D eigenvalue weighted by Crippen LogP contribution is 2.43. The Labute approximate surface area is 164 Å². The lowest BCUT2D eigenvalue weighted by Gasteiger charge is -2.45. The summed E-state index contributed by atoms with van der Waals surface area (Å²) in [5, 5.41) is 3.08. The number of sulfone groups is 1. The maximum atomic E-state index is 13.2. The molecule has 1 atom stereocenters. The molecule has 1 aliphatic heterocycles. The maximum absolute atomic E-state index is 13.2. The number of nitrogens with two attached hydrogens (primary N) is 1. The van der Waals surface area contributed by atoms with Crippen LogP contribution in [0, 0.1) is 4.91 Å². The fourth-order valence-corrected chi connectivity index (χ4v) is 5.24. The van der Waals surface area contributed by atoms with E-state index >= 15 is 0 Å². The standard InChI is InChI=1S/C15H22N3O5S2.ClH/c1-18(24)10-8-14(17-20,9-11-18)15(16,13(19)23-2)25(21,22)12-6-4-3-5-7-12;/h3-7,24H,8-11,16H2,1-2H3;1H/q+1;/p-1. The van der Waals surface area contributed by atoms with Crippen LogP contribution < -0.4 is 18.1 Å². The zero-order valence-electron chi connectivity index (χ0n) is 14.5. The van der Waals surface area contributed by atoms with E-state index in [1.165, 1.54) is 24.3 Å². The van der Waals surface area contributed by atoms with Gasteiger partial charge in [-0.25, -0.2) is 13.2 Å². The van der Waals surface area contributed by atoms with Crippen LogP contribution in [0.15, 0.2) is 40.4 Å². The summed E-state index contributed by atoms with van der Waals surface area (Å²) < 4.78 is 31.4. The van der Waals surface area contributed by atoms with E-state index in [-0.39, 0.29) is 34.0 Å². The third-order valence-corrected chi connectivity index (χ3v) is 7.53. The number of thiol groups is 1. The van der Waals surface area contributed by atoms with Crippen molar-refractivity contribution in [2.24, 2.45) is 10.9 Å². The Hall–Kier alpha value is -1.20. The van der Waals surface area contributed by atoms with Gasteiger partial charge in [0.05, 0.1) is 45.0 Å². The molecule has 8 nitrogen and oxygen atoms in total. The van der Waals surface area contributed by atoms with Crippen LogP contribution in [-0.4, -0.2) is 55.9 Å². The van der Waals surface area contributed by atoms with Crippen LogP contribution in [0.3, 0.4) is 0 Å². The molecule has 1 saturated heterocycles. The number of halogens is 1. The lowest BCUT2D eigenvalue weighted by molar-refractivity contribution is -0.778. The molecule has 146 valence electrons. The molecule has 1 heterocycles. The van der Waals surface area contributed by atoms with Gasteiger partial charge in [-0.15, -0.1) is 0 Å². The fourth-order valence-electron chi connectivity index (χ4n) is 3.11. The number of rotatable bonds is 5. The Bertz CT molecular complexity index is 763. The van der Waals surface area contributed by atoms with Gasteiger partial charge in [0.2, 0.25) is 9.84 Å². The van der Waals surface area contributed by atoms with E-state index in [0.717, 1.165) is 7.11 Å². The molecule has 1 aromatic rings. The van der Waals surface area contributed by atoms with Crippen molar-refractivity contribution in [3.8, 4) is 0 Å². The monoisotopic (exact) mass is 423 g/mol. The van der Waals surface area contributed by atoms with Crippen LogP contribution in [0.1, 0.15) is 12.8 Å². The lowest BCUT2D eigenvalue weighted by Crippen LogP contribution is -3.00. The average molecular weight is 424 g/mol. The van der Waals surface area contributed by atoms with Gasteiger partial charge in [0.15, 0.2) is 5.54 Å². The topological polar surface area (TPSA) is 116 Å². The molecule has 1 aromatic carbocycles. The minimum absolute atomic E-state index is 0. The second-order valence-electron chi connectivity index (χ2n) is 6.45. The van der Waals surface area contributed by atoms with Crippen LogP contribution in [0.5, 0.6) is 0 Å². The first-order valence-electron chi connectivity index (χ1n) is 7.65. The molecule has 0 bridgehead atoms. The van der Waals surface area contributed by atoms with Crippen molar-refractivity contribution in [3.05, 3.63) is 35.2 Å². The summed E-state index contributed by atoms with van der Waals surface area (Å²) in [7, 11) is -1.59. The van der Waals surface area contributed by atoms with Crippen molar-refractivity contribution in [2.75, 3.05) is 27.2 Å². The normalized spacial score (nSPS) is 28.3. The Morgan fingerprint density at radius 1 is 1.31 bits per heavy atom. The average Bonchev–Trinajstić information content (AvgIpc) is 2.61. The van der Waals surface area contributed by atoms with E-state index in [1.54, 1.807) is 6.07 Å². The molecule has 1 aliphatic rings. The van der Waals surface area contributed by atoms with Crippen LogP contribution in [0.2, 0.25) is 0 Å². The number of esters is 1. The molecule has 1 unspecified atom stereocenters. The van der Waals surface area contributed by atoms with E-state index in [2.05, 4.69) is 22.7 Å². The van der Waals surface area contributed by atoms with E-state index in [1.807, 2.05) is 7.05 Å². The Balaban J connectivity index is 0.00000338. The predicted molar refractivity (Wildman–Crippen MR) is 95.2 cm³/mol. The maximum Gasteiger partial charge on any atom is 0.344 e. The van der Waals surface area contributed by atoms with Crippen LogP contribution >= 0.6 is 12.8 Å². The van der Waals surface area contributed by atoms with Gasteiger partial charge in [-0.3, -0.25) is 3.89 Å². The smallest absolute Gasteiger partial charge is 0.344 e. The van der Waals surface area contributed by atoms with Crippen molar-refractivity contribution >= 4 is 28.6 Å². The van der Waals surface area contributed by atoms with E-state index in [9.17, 15) is 18.1 Å². The summed E-state index contributed by atoms with van der Waals surface area (Å²) in [5.41, 5.74) is 4.34. The van der Waals surface area contributed by atoms with Gasteiger partial charge in [-0.2, -0.15) is 4.91 Å². The van der Waals surface area contributed by atoms with Gasteiger partial charge >= 0.3 is 5.97 Å². The number of ether oxygens (including phenoxy) is 1. The number of hydrogen-bond donors (Lipinski definition) is 2. The molecule has 0 aromatic heterocycles.